The summed E-state index contributed by atoms with van der Waals surface area (Å²) in [6.07, 6.45) is 0. The maximum absolute atomic E-state index is 13.4. The molecule has 0 aliphatic carbocycles. The Morgan fingerprint density at radius 2 is 1.67 bits per heavy atom. The van der Waals surface area contributed by atoms with Gasteiger partial charge in [-0.3, -0.25) is 0 Å². The molecule has 112 valence electrons. The number of hydrogen-bond acceptors (Lipinski definition) is 4. The molecule has 2 aromatic carbocycles. The van der Waals surface area contributed by atoms with Gasteiger partial charge in [0.05, 0.1) is 19.9 Å². The Balaban J connectivity index is 2.24. The molecule has 0 aromatic heterocycles. The van der Waals surface area contributed by atoms with Gasteiger partial charge < -0.3 is 19.9 Å². The van der Waals surface area contributed by atoms with Gasteiger partial charge in [-0.15, -0.1) is 0 Å². The van der Waals surface area contributed by atoms with Crippen molar-refractivity contribution < 1.29 is 23.0 Å². The van der Waals surface area contributed by atoms with Crippen LogP contribution in [0.2, 0.25) is 0 Å². The Kier molecular flexibility index (Phi) is 4.47. The zero-order valence-corrected chi connectivity index (χ0v) is 11.7. The topological polar surface area (TPSA) is 53.7 Å². The monoisotopic (exact) mass is 295 g/mol. The van der Waals surface area contributed by atoms with Gasteiger partial charge in [0.2, 0.25) is 0 Å². The maximum Gasteiger partial charge on any atom is 0.163 e. The minimum absolute atomic E-state index is 0.0301. The van der Waals surface area contributed by atoms with Crippen LogP contribution in [-0.2, 0) is 6.61 Å². The van der Waals surface area contributed by atoms with Crippen LogP contribution < -0.4 is 19.9 Å². The van der Waals surface area contributed by atoms with Crippen molar-refractivity contribution in [1.82, 2.24) is 0 Å². The zero-order chi connectivity index (χ0) is 15.4. The molecule has 2 aromatic rings. The molecule has 0 unspecified atom stereocenters. The van der Waals surface area contributed by atoms with Crippen LogP contribution in [-0.4, -0.2) is 14.2 Å². The summed E-state index contributed by atoms with van der Waals surface area (Å²) in [4.78, 5) is 0. The number of benzene rings is 2. The second kappa shape index (κ2) is 6.30. The molecule has 0 fully saturated rings. The molecule has 0 heterocycles. The Bertz CT molecular complexity index is 647. The van der Waals surface area contributed by atoms with Crippen molar-refractivity contribution in [3.8, 4) is 17.2 Å². The molecule has 0 radical (unpaired) electrons. The van der Waals surface area contributed by atoms with E-state index in [2.05, 4.69) is 0 Å². The minimum atomic E-state index is -0.595. The molecule has 0 aliphatic heterocycles. The van der Waals surface area contributed by atoms with E-state index in [1.165, 1.54) is 38.5 Å². The summed E-state index contributed by atoms with van der Waals surface area (Å²) in [6.45, 7) is 0.0301. The van der Waals surface area contributed by atoms with Crippen LogP contribution >= 0.6 is 0 Å². The summed E-state index contributed by atoms with van der Waals surface area (Å²) in [5.41, 5.74) is 5.96. The molecule has 4 nitrogen and oxygen atoms in total. The van der Waals surface area contributed by atoms with Crippen LogP contribution in [0.1, 0.15) is 5.56 Å². The predicted molar refractivity (Wildman–Crippen MR) is 74.6 cm³/mol. The molecule has 21 heavy (non-hydrogen) atoms. The number of hydrogen-bond donors (Lipinski definition) is 1. The van der Waals surface area contributed by atoms with Gasteiger partial charge in [-0.25, -0.2) is 8.78 Å². The lowest BCUT2D eigenvalue weighted by Gasteiger charge is -2.13. The summed E-state index contributed by atoms with van der Waals surface area (Å²) in [6, 6.07) is 6.55. The molecule has 0 aliphatic rings. The maximum atomic E-state index is 13.4. The first kappa shape index (κ1) is 14.9. The molecule has 0 saturated carbocycles. The van der Waals surface area contributed by atoms with Gasteiger partial charge in [-0.1, -0.05) is 0 Å². The van der Waals surface area contributed by atoms with Crippen molar-refractivity contribution >= 4 is 5.69 Å². The molecular weight excluding hydrogens is 280 g/mol. The summed E-state index contributed by atoms with van der Waals surface area (Å²) in [7, 11) is 2.87. The van der Waals surface area contributed by atoms with Gasteiger partial charge in [0.1, 0.15) is 24.0 Å². The van der Waals surface area contributed by atoms with E-state index in [0.717, 1.165) is 6.07 Å². The SMILES string of the molecule is COc1ccc(F)cc1COc1cc(N)c(F)cc1OC. The van der Waals surface area contributed by atoms with Crippen molar-refractivity contribution in [2.24, 2.45) is 0 Å². The van der Waals surface area contributed by atoms with Crippen LogP contribution in [0.25, 0.3) is 0 Å². The smallest absolute Gasteiger partial charge is 0.163 e. The zero-order valence-electron chi connectivity index (χ0n) is 11.7. The fourth-order valence-corrected chi connectivity index (χ4v) is 1.84. The van der Waals surface area contributed by atoms with Crippen molar-refractivity contribution in [3.63, 3.8) is 0 Å². The molecule has 0 amide bonds. The van der Waals surface area contributed by atoms with Gasteiger partial charge in [0, 0.05) is 17.7 Å². The average Bonchev–Trinajstić information content (AvgIpc) is 2.48. The van der Waals surface area contributed by atoms with E-state index >= 15 is 0 Å². The van der Waals surface area contributed by atoms with Gasteiger partial charge in [-0.2, -0.15) is 0 Å². The lowest BCUT2D eigenvalue weighted by atomic mass is 10.2. The summed E-state index contributed by atoms with van der Waals surface area (Å²) in [5.74, 6) is -0.0345. The average molecular weight is 295 g/mol. The molecule has 6 heteroatoms. The van der Waals surface area contributed by atoms with Gasteiger partial charge in [0.25, 0.3) is 0 Å². The van der Waals surface area contributed by atoms with E-state index in [1.807, 2.05) is 0 Å². The number of ether oxygens (including phenoxy) is 3. The van der Waals surface area contributed by atoms with Crippen LogP contribution in [0, 0.1) is 11.6 Å². The lowest BCUT2D eigenvalue weighted by Crippen LogP contribution is -2.02. The molecule has 0 atom stereocenters. The summed E-state index contributed by atoms with van der Waals surface area (Å²) < 4.78 is 42.3. The first-order chi connectivity index (χ1) is 10.0. The number of nitrogens with two attached hydrogens (primary N) is 1. The first-order valence-corrected chi connectivity index (χ1v) is 6.13. The standard InChI is InChI=1S/C15H15F2NO3/c1-19-13-4-3-10(16)5-9(13)8-21-15-7-12(18)11(17)6-14(15)20-2/h3-7H,8,18H2,1-2H3. The van der Waals surface area contributed by atoms with Crippen LogP contribution in [0.4, 0.5) is 14.5 Å². The predicted octanol–water partition coefficient (Wildman–Crippen LogP) is 3.14. The fourth-order valence-electron chi connectivity index (χ4n) is 1.84. The Hall–Kier alpha value is -2.50. The molecule has 2 N–H and O–H groups in total. The molecule has 0 spiro atoms. The van der Waals surface area contributed by atoms with Gasteiger partial charge in [0.15, 0.2) is 11.5 Å². The number of methoxy groups -OCH3 is 2. The molecular formula is C15H15F2NO3. The highest BCUT2D eigenvalue weighted by atomic mass is 19.1. The van der Waals surface area contributed by atoms with Crippen molar-refractivity contribution in [2.45, 2.75) is 6.61 Å². The summed E-state index contributed by atoms with van der Waals surface area (Å²) >= 11 is 0. The quantitative estimate of drug-likeness (QED) is 0.861. The van der Waals surface area contributed by atoms with Crippen molar-refractivity contribution in [3.05, 3.63) is 47.5 Å². The minimum Gasteiger partial charge on any atom is -0.496 e. The number of halogens is 2. The highest BCUT2D eigenvalue weighted by molar-refractivity contribution is 5.53. The van der Waals surface area contributed by atoms with E-state index < -0.39 is 11.6 Å². The molecule has 0 bridgehead atoms. The van der Waals surface area contributed by atoms with Gasteiger partial charge >= 0.3 is 0 Å². The fraction of sp³-hybridized carbons (Fsp3) is 0.200. The third-order valence-corrected chi connectivity index (χ3v) is 2.91. The van der Waals surface area contributed by atoms with Crippen molar-refractivity contribution in [2.75, 3.05) is 20.0 Å². The highest BCUT2D eigenvalue weighted by Crippen LogP contribution is 2.32. The largest absolute Gasteiger partial charge is 0.496 e. The van der Waals surface area contributed by atoms with Gasteiger partial charge in [-0.05, 0) is 18.2 Å². The molecule has 0 saturated heterocycles. The van der Waals surface area contributed by atoms with E-state index in [1.54, 1.807) is 0 Å². The number of anilines is 1. The third kappa shape index (κ3) is 3.34. The number of nitrogen functional groups attached to an aromatic ring is 1. The van der Waals surface area contributed by atoms with Crippen LogP contribution in [0.3, 0.4) is 0 Å². The van der Waals surface area contributed by atoms with E-state index in [-0.39, 0.29) is 23.8 Å². The van der Waals surface area contributed by atoms with E-state index in [9.17, 15) is 8.78 Å². The van der Waals surface area contributed by atoms with Crippen LogP contribution in [0.5, 0.6) is 17.2 Å². The Labute approximate surface area is 121 Å². The second-order valence-electron chi connectivity index (χ2n) is 4.27. The third-order valence-electron chi connectivity index (χ3n) is 2.91. The first-order valence-electron chi connectivity index (χ1n) is 6.13. The summed E-state index contributed by atoms with van der Waals surface area (Å²) in [5, 5.41) is 0. The number of rotatable bonds is 5. The Morgan fingerprint density at radius 3 is 2.33 bits per heavy atom. The second-order valence-corrected chi connectivity index (χ2v) is 4.27. The van der Waals surface area contributed by atoms with E-state index in [4.69, 9.17) is 19.9 Å². The molecule has 2 rings (SSSR count). The lowest BCUT2D eigenvalue weighted by molar-refractivity contribution is 0.276. The highest BCUT2D eigenvalue weighted by Gasteiger charge is 2.12. The van der Waals surface area contributed by atoms with E-state index in [0.29, 0.717) is 11.3 Å². The normalized spacial score (nSPS) is 10.3. The van der Waals surface area contributed by atoms with Crippen LogP contribution in [0.15, 0.2) is 30.3 Å². The van der Waals surface area contributed by atoms with Crippen molar-refractivity contribution in [1.29, 1.82) is 0 Å². The Morgan fingerprint density at radius 1 is 0.952 bits per heavy atom.